The lowest BCUT2D eigenvalue weighted by atomic mass is 9.98. The Labute approximate surface area is 76.5 Å². The molecule has 0 fully saturated rings. The molecule has 0 bridgehead atoms. The minimum absolute atomic E-state index is 0.503. The van der Waals surface area contributed by atoms with Crippen LogP contribution in [0, 0.1) is 0 Å². The van der Waals surface area contributed by atoms with E-state index >= 15 is 0 Å². The normalized spacial score (nSPS) is 21.3. The van der Waals surface area contributed by atoms with Crippen molar-refractivity contribution in [1.82, 2.24) is 4.98 Å². The highest BCUT2D eigenvalue weighted by Gasteiger charge is 2.18. The highest BCUT2D eigenvalue weighted by Crippen LogP contribution is 2.32. The number of rotatable bonds is 0. The van der Waals surface area contributed by atoms with E-state index in [-0.39, 0.29) is 0 Å². The molecule has 1 aromatic heterocycles. The molecule has 0 saturated heterocycles. The molecule has 1 aliphatic heterocycles. The summed E-state index contributed by atoms with van der Waals surface area (Å²) in [6.07, 6.45) is 1.07. The van der Waals surface area contributed by atoms with Gasteiger partial charge in [-0.2, -0.15) is 0 Å². The molecule has 2 nitrogen and oxygen atoms in total. The Morgan fingerprint density at radius 2 is 2.42 bits per heavy atom. The molecule has 3 heteroatoms. The fourth-order valence-corrected chi connectivity index (χ4v) is 1.55. The van der Waals surface area contributed by atoms with E-state index in [1.165, 1.54) is 5.56 Å². The fourth-order valence-electron chi connectivity index (χ4n) is 1.41. The van der Waals surface area contributed by atoms with Gasteiger partial charge in [-0.3, -0.25) is 0 Å². The molecule has 1 atom stereocenters. The third-order valence-electron chi connectivity index (χ3n) is 2.18. The van der Waals surface area contributed by atoms with Gasteiger partial charge in [0.1, 0.15) is 5.15 Å². The van der Waals surface area contributed by atoms with Crippen molar-refractivity contribution in [2.45, 2.75) is 19.3 Å². The van der Waals surface area contributed by atoms with Crippen LogP contribution in [0.2, 0.25) is 5.15 Å². The lowest BCUT2D eigenvalue weighted by molar-refractivity contribution is 0.261. The maximum Gasteiger partial charge on any atom is 0.218 e. The van der Waals surface area contributed by atoms with Crippen molar-refractivity contribution in [2.24, 2.45) is 0 Å². The van der Waals surface area contributed by atoms with Crippen LogP contribution in [-0.4, -0.2) is 11.6 Å². The first-order valence-electron chi connectivity index (χ1n) is 4.06. The Morgan fingerprint density at radius 3 is 3.25 bits per heavy atom. The number of hydrogen-bond donors (Lipinski definition) is 0. The first-order valence-corrected chi connectivity index (χ1v) is 4.44. The number of hydrogen-bond acceptors (Lipinski definition) is 2. The molecule has 1 aromatic rings. The average Bonchev–Trinajstić information content (AvgIpc) is 2.04. The lowest BCUT2D eigenvalue weighted by Gasteiger charge is -2.21. The number of halogens is 1. The molecule has 2 rings (SSSR count). The SMILES string of the molecule is C[C@@H]1CCOc2nc(Cl)ccc21. The summed E-state index contributed by atoms with van der Waals surface area (Å²) in [5.74, 6) is 1.25. The van der Waals surface area contributed by atoms with Crippen molar-refractivity contribution < 1.29 is 4.74 Å². The van der Waals surface area contributed by atoms with Crippen LogP contribution < -0.4 is 4.74 Å². The van der Waals surface area contributed by atoms with Crippen LogP contribution in [-0.2, 0) is 0 Å². The summed E-state index contributed by atoms with van der Waals surface area (Å²) >= 11 is 5.73. The molecule has 2 heterocycles. The van der Waals surface area contributed by atoms with Gasteiger partial charge in [-0.1, -0.05) is 24.6 Å². The number of nitrogens with zero attached hydrogens (tertiary/aromatic N) is 1. The van der Waals surface area contributed by atoms with E-state index < -0.39 is 0 Å². The second kappa shape index (κ2) is 2.94. The molecular weight excluding hydrogens is 174 g/mol. The highest BCUT2D eigenvalue weighted by molar-refractivity contribution is 6.29. The van der Waals surface area contributed by atoms with Crippen LogP contribution in [0.25, 0.3) is 0 Å². The van der Waals surface area contributed by atoms with Crippen molar-refractivity contribution in [3.8, 4) is 5.88 Å². The third-order valence-corrected chi connectivity index (χ3v) is 2.39. The van der Waals surface area contributed by atoms with Gasteiger partial charge in [0.2, 0.25) is 5.88 Å². The van der Waals surface area contributed by atoms with Crippen LogP contribution >= 0.6 is 11.6 Å². The second-order valence-corrected chi connectivity index (χ2v) is 3.45. The van der Waals surface area contributed by atoms with E-state index in [1.54, 1.807) is 0 Å². The van der Waals surface area contributed by atoms with Crippen LogP contribution in [0.15, 0.2) is 12.1 Å². The Morgan fingerprint density at radius 1 is 1.58 bits per heavy atom. The van der Waals surface area contributed by atoms with Gasteiger partial charge < -0.3 is 4.74 Å². The molecule has 64 valence electrons. The molecule has 0 aromatic carbocycles. The van der Waals surface area contributed by atoms with E-state index in [0.717, 1.165) is 13.0 Å². The monoisotopic (exact) mass is 183 g/mol. The van der Waals surface area contributed by atoms with Gasteiger partial charge in [0.15, 0.2) is 0 Å². The van der Waals surface area contributed by atoms with Crippen LogP contribution in [0.4, 0.5) is 0 Å². The standard InChI is InChI=1S/C9H10ClNO/c1-6-4-5-12-9-7(6)2-3-8(10)11-9/h2-3,6H,4-5H2,1H3/t6-/m1/s1. The minimum Gasteiger partial charge on any atom is -0.477 e. The number of ether oxygens (including phenoxy) is 1. The summed E-state index contributed by atoms with van der Waals surface area (Å²) in [5, 5.41) is 0.503. The summed E-state index contributed by atoms with van der Waals surface area (Å²) in [6, 6.07) is 3.81. The molecule has 0 amide bonds. The topological polar surface area (TPSA) is 22.1 Å². The van der Waals surface area contributed by atoms with E-state index in [1.807, 2.05) is 12.1 Å². The predicted octanol–water partition coefficient (Wildman–Crippen LogP) is 2.62. The summed E-state index contributed by atoms with van der Waals surface area (Å²) in [4.78, 5) is 4.11. The van der Waals surface area contributed by atoms with E-state index in [9.17, 15) is 0 Å². The lowest BCUT2D eigenvalue weighted by Crippen LogP contribution is -2.13. The maximum atomic E-state index is 5.73. The number of fused-ring (bicyclic) bond motifs is 1. The van der Waals surface area contributed by atoms with Gasteiger partial charge in [-0.05, 0) is 18.4 Å². The average molecular weight is 184 g/mol. The molecule has 0 N–H and O–H groups in total. The van der Waals surface area contributed by atoms with E-state index in [4.69, 9.17) is 16.3 Å². The molecule has 12 heavy (non-hydrogen) atoms. The van der Waals surface area contributed by atoms with Crippen molar-refractivity contribution in [3.05, 3.63) is 22.8 Å². The molecule has 0 radical (unpaired) electrons. The smallest absolute Gasteiger partial charge is 0.218 e. The summed E-state index contributed by atoms with van der Waals surface area (Å²) in [6.45, 7) is 2.93. The second-order valence-electron chi connectivity index (χ2n) is 3.07. The van der Waals surface area contributed by atoms with Crippen molar-refractivity contribution in [3.63, 3.8) is 0 Å². The van der Waals surface area contributed by atoms with Gasteiger partial charge in [-0.25, -0.2) is 4.98 Å². The van der Waals surface area contributed by atoms with Gasteiger partial charge in [-0.15, -0.1) is 0 Å². The quantitative estimate of drug-likeness (QED) is 0.577. The Bertz CT molecular complexity index is 301. The van der Waals surface area contributed by atoms with Crippen LogP contribution in [0.5, 0.6) is 5.88 Å². The molecular formula is C9H10ClNO. The maximum absolute atomic E-state index is 5.73. The van der Waals surface area contributed by atoms with Gasteiger partial charge >= 0.3 is 0 Å². The molecule has 0 aliphatic carbocycles. The summed E-state index contributed by atoms with van der Waals surface area (Å²) in [5.41, 5.74) is 1.17. The molecule has 0 saturated carbocycles. The van der Waals surface area contributed by atoms with E-state index in [0.29, 0.717) is 17.0 Å². The largest absolute Gasteiger partial charge is 0.477 e. The zero-order chi connectivity index (χ0) is 8.55. The molecule has 1 aliphatic rings. The van der Waals surface area contributed by atoms with Crippen LogP contribution in [0.3, 0.4) is 0 Å². The highest BCUT2D eigenvalue weighted by atomic mass is 35.5. The van der Waals surface area contributed by atoms with Gasteiger partial charge in [0.25, 0.3) is 0 Å². The van der Waals surface area contributed by atoms with Crippen molar-refractivity contribution in [1.29, 1.82) is 0 Å². The fraction of sp³-hybridized carbons (Fsp3) is 0.444. The number of pyridine rings is 1. The van der Waals surface area contributed by atoms with Gasteiger partial charge in [0.05, 0.1) is 6.61 Å². The first kappa shape index (κ1) is 7.87. The first-order chi connectivity index (χ1) is 5.77. The molecule has 0 spiro atoms. The minimum atomic E-state index is 0.503. The van der Waals surface area contributed by atoms with Gasteiger partial charge in [0, 0.05) is 5.56 Å². The van der Waals surface area contributed by atoms with Crippen molar-refractivity contribution >= 4 is 11.6 Å². The third kappa shape index (κ3) is 1.27. The molecule has 0 unspecified atom stereocenters. The summed E-state index contributed by atoms with van der Waals surface area (Å²) < 4.78 is 5.38. The zero-order valence-electron chi connectivity index (χ0n) is 6.88. The Kier molecular flexibility index (Phi) is 1.93. The Hall–Kier alpha value is -0.760. The Balaban J connectivity index is 2.46. The van der Waals surface area contributed by atoms with Crippen LogP contribution in [0.1, 0.15) is 24.8 Å². The zero-order valence-corrected chi connectivity index (χ0v) is 7.64. The summed E-state index contributed by atoms with van der Waals surface area (Å²) in [7, 11) is 0. The van der Waals surface area contributed by atoms with Crippen molar-refractivity contribution in [2.75, 3.05) is 6.61 Å². The predicted molar refractivity (Wildman–Crippen MR) is 47.8 cm³/mol. The number of aromatic nitrogens is 1. The van der Waals surface area contributed by atoms with E-state index in [2.05, 4.69) is 11.9 Å².